The second kappa shape index (κ2) is 38.7. The van der Waals surface area contributed by atoms with Crippen molar-refractivity contribution in [1.29, 1.82) is 0 Å². The van der Waals surface area contributed by atoms with Crippen LogP contribution in [0.5, 0.6) is 0 Å². The molecule has 13 aromatic rings. The zero-order valence-corrected chi connectivity index (χ0v) is 71.0. The van der Waals surface area contributed by atoms with Crippen molar-refractivity contribution in [2.45, 2.75) is 194 Å². The molecule has 0 saturated heterocycles. The Morgan fingerprint density at radius 2 is 0.559 bits per heavy atom. The molecule has 0 amide bonds. The van der Waals surface area contributed by atoms with Gasteiger partial charge in [0.2, 0.25) is 0 Å². The summed E-state index contributed by atoms with van der Waals surface area (Å²) in [7, 11) is 0. The first-order valence-electron chi connectivity index (χ1n) is 44.6. The smallest absolute Gasteiger partial charge is 0.0714 e. The molecular formula is C116H120N2. The van der Waals surface area contributed by atoms with Crippen molar-refractivity contribution in [2.75, 3.05) is 9.80 Å². The van der Waals surface area contributed by atoms with Crippen molar-refractivity contribution in [3.05, 3.63) is 430 Å². The van der Waals surface area contributed by atoms with Crippen LogP contribution in [0.1, 0.15) is 219 Å². The number of aryl methyl sites for hydroxylation is 8. The molecule has 0 N–H and O–H groups in total. The van der Waals surface area contributed by atoms with Gasteiger partial charge in [0.15, 0.2) is 0 Å². The van der Waals surface area contributed by atoms with Gasteiger partial charge in [0.25, 0.3) is 0 Å². The van der Waals surface area contributed by atoms with E-state index >= 15 is 0 Å². The third-order valence-electron chi connectivity index (χ3n) is 25.3. The Balaban J connectivity index is 0.862. The second-order valence-electron chi connectivity index (χ2n) is 33.5. The fraction of sp³-hybridized carbons (Fsp3) is 0.259. The maximum atomic E-state index is 3.95. The summed E-state index contributed by atoms with van der Waals surface area (Å²) in [5.74, 6) is 0. The van der Waals surface area contributed by atoms with Gasteiger partial charge in [-0.05, 0) is 317 Å². The summed E-state index contributed by atoms with van der Waals surface area (Å²) >= 11 is 0. The molecule has 0 aliphatic heterocycles. The van der Waals surface area contributed by atoms with Crippen LogP contribution in [0.15, 0.2) is 341 Å². The average Bonchev–Trinajstić information content (AvgIpc) is 1.52. The Morgan fingerprint density at radius 3 is 0.949 bits per heavy atom. The molecule has 0 fully saturated rings. The fourth-order valence-corrected chi connectivity index (χ4v) is 18.9. The SMILES string of the molecule is C=C/C=C\CCCc1cccc(C2(c3cccc(CCC/C=C/C=C)c3)c3cc(C)ccc3-c3ccc(-c4ccc5c(c4)C(c4ccc(CCCCCC)cc4)(c4ccc(CCCCCC)cc4)c4cc(-c6ccc(N(c7ccc(C)cc7)c7ccc(N(c8ccc(CCCC)cc8)c8ccc(CCCC)cc8)cc7)cc6)ccc4-5)cc32)c1. The number of hydrogen-bond acceptors (Lipinski definition) is 2. The molecule has 0 spiro atoms. The lowest BCUT2D eigenvalue weighted by atomic mass is 9.66. The Labute approximate surface area is 707 Å². The minimum atomic E-state index is -0.684. The molecule has 0 bridgehead atoms. The normalized spacial score (nSPS) is 13.7. The Morgan fingerprint density at radius 1 is 0.254 bits per heavy atom. The van der Waals surface area contributed by atoms with Gasteiger partial charge in [-0.3, -0.25) is 0 Å². The predicted octanol–water partition coefficient (Wildman–Crippen LogP) is 32.4. The van der Waals surface area contributed by atoms with E-state index in [4.69, 9.17) is 0 Å². The van der Waals surface area contributed by atoms with Crippen LogP contribution < -0.4 is 9.80 Å². The highest BCUT2D eigenvalue weighted by Gasteiger charge is 2.49. The van der Waals surface area contributed by atoms with E-state index in [1.54, 1.807) is 0 Å². The van der Waals surface area contributed by atoms with E-state index in [2.05, 4.69) is 380 Å². The number of unbranched alkanes of at least 4 members (excludes halogenated alkanes) is 10. The van der Waals surface area contributed by atoms with E-state index in [-0.39, 0.29) is 0 Å². The first-order valence-corrected chi connectivity index (χ1v) is 44.6. The molecule has 2 heteroatoms. The lowest BCUT2D eigenvalue weighted by Gasteiger charge is -2.35. The zero-order chi connectivity index (χ0) is 81.2. The van der Waals surface area contributed by atoms with E-state index in [0.29, 0.717) is 0 Å². The summed E-state index contributed by atoms with van der Waals surface area (Å²) in [5, 5.41) is 0. The van der Waals surface area contributed by atoms with Crippen LogP contribution in [0, 0.1) is 13.8 Å². The molecule has 13 aromatic carbocycles. The first kappa shape index (κ1) is 81.6. The minimum Gasteiger partial charge on any atom is -0.311 e. The molecule has 0 radical (unpaired) electrons. The molecule has 1 unspecified atom stereocenters. The van der Waals surface area contributed by atoms with E-state index in [0.717, 1.165) is 98.3 Å². The van der Waals surface area contributed by atoms with Gasteiger partial charge in [0.05, 0.1) is 10.8 Å². The van der Waals surface area contributed by atoms with Gasteiger partial charge in [-0.25, -0.2) is 0 Å². The van der Waals surface area contributed by atoms with Crippen LogP contribution in [0.3, 0.4) is 0 Å². The Kier molecular flexibility index (Phi) is 26.7. The molecule has 594 valence electrons. The molecule has 2 nitrogen and oxygen atoms in total. The third-order valence-corrected chi connectivity index (χ3v) is 25.3. The van der Waals surface area contributed by atoms with Crippen LogP contribution >= 0.6 is 0 Å². The summed E-state index contributed by atoms with van der Waals surface area (Å²) in [4.78, 5) is 4.83. The third kappa shape index (κ3) is 17.5. The molecular weight excluding hydrogens is 1420 g/mol. The Bertz CT molecular complexity index is 5420. The number of rotatable bonds is 38. The van der Waals surface area contributed by atoms with E-state index in [1.807, 2.05) is 12.2 Å². The number of nitrogens with zero attached hydrogens (tertiary/aromatic N) is 2. The van der Waals surface area contributed by atoms with Crippen molar-refractivity contribution in [2.24, 2.45) is 0 Å². The largest absolute Gasteiger partial charge is 0.311 e. The highest BCUT2D eigenvalue weighted by molar-refractivity contribution is 5.93. The maximum absolute atomic E-state index is 3.95. The van der Waals surface area contributed by atoms with Crippen molar-refractivity contribution in [1.82, 2.24) is 0 Å². The molecule has 0 saturated carbocycles. The predicted molar refractivity (Wildman–Crippen MR) is 508 cm³/mol. The Hall–Kier alpha value is -11.6. The van der Waals surface area contributed by atoms with Crippen molar-refractivity contribution in [3.63, 3.8) is 0 Å². The van der Waals surface area contributed by atoms with Gasteiger partial charge in [0, 0.05) is 34.1 Å². The summed E-state index contributed by atoms with van der Waals surface area (Å²) in [6.07, 6.45) is 37.5. The standard InChI is InChI=1S/C116H120N2/c1-9-15-21-25-29-37-91-39-31-41-99(80-91)116(100-42-32-40-92(81-100)38-30-26-22-16-10-2)111-79-86(8)45-75-107(111)108-77-57-96(84-114(108)116)95-58-78-110-109-76-56-94(82-112(109)115(113(110)83-95,97-59-46-89(47-60-97)35-27-23-17-11-3)98-61-48-90(49-62-98)36-28-24-18-12-4)93-54-69-104(70-55-93)117(101-63-43-85(7)44-64-101)105-71-73-106(74-72-105)118(102-65-50-87(51-66-102)33-19-13-5)103-67-52-88(53-68-103)34-20-14-6/h9-10,15-16,21-22,31-32,39-84H,1-2,11-14,17-20,23-30,33-38H2,3-8H3/b21-15-,22-16+. The van der Waals surface area contributed by atoms with Crippen molar-refractivity contribution < 1.29 is 0 Å². The number of fused-ring (bicyclic) bond motifs is 6. The quantitative estimate of drug-likeness (QED) is 0.0281. The highest BCUT2D eigenvalue weighted by atomic mass is 15.2. The van der Waals surface area contributed by atoms with Crippen LogP contribution in [0.25, 0.3) is 44.5 Å². The van der Waals surface area contributed by atoms with Gasteiger partial charge >= 0.3 is 0 Å². The summed E-state index contributed by atoms with van der Waals surface area (Å²) in [6.45, 7) is 21.5. The molecule has 15 rings (SSSR count). The fourth-order valence-electron chi connectivity index (χ4n) is 18.9. The minimum absolute atomic E-state index is 0.609. The average molecular weight is 1540 g/mol. The van der Waals surface area contributed by atoms with Crippen LogP contribution in [0.4, 0.5) is 34.1 Å². The first-order chi connectivity index (χ1) is 58.1. The molecule has 2 aliphatic rings. The maximum Gasteiger partial charge on any atom is 0.0714 e. The van der Waals surface area contributed by atoms with E-state index in [9.17, 15) is 0 Å². The van der Waals surface area contributed by atoms with Crippen LogP contribution in [0.2, 0.25) is 0 Å². The topological polar surface area (TPSA) is 6.48 Å². The van der Waals surface area contributed by atoms with Crippen LogP contribution in [-0.4, -0.2) is 0 Å². The van der Waals surface area contributed by atoms with Crippen molar-refractivity contribution in [3.8, 4) is 44.5 Å². The zero-order valence-electron chi connectivity index (χ0n) is 71.0. The number of anilines is 6. The number of allylic oxidation sites excluding steroid dienone is 6. The monoisotopic (exact) mass is 1540 g/mol. The van der Waals surface area contributed by atoms with Gasteiger partial charge in [0.1, 0.15) is 0 Å². The van der Waals surface area contributed by atoms with Gasteiger partial charge in [-0.15, -0.1) is 0 Å². The molecule has 0 heterocycles. The molecule has 2 aliphatic carbocycles. The molecule has 118 heavy (non-hydrogen) atoms. The lowest BCUT2D eigenvalue weighted by Crippen LogP contribution is -2.29. The second-order valence-corrected chi connectivity index (χ2v) is 33.5. The summed E-state index contributed by atoms with van der Waals surface area (Å²) in [5.41, 5.74) is 36.7. The summed E-state index contributed by atoms with van der Waals surface area (Å²) in [6, 6.07) is 115. The number of hydrogen-bond donors (Lipinski definition) is 0. The van der Waals surface area contributed by atoms with E-state index in [1.165, 1.54) is 211 Å². The van der Waals surface area contributed by atoms with Gasteiger partial charge in [-0.2, -0.15) is 0 Å². The molecule has 0 aromatic heterocycles. The molecule has 1 atom stereocenters. The lowest BCUT2D eigenvalue weighted by molar-refractivity contribution is 0.666. The van der Waals surface area contributed by atoms with Gasteiger partial charge in [-0.1, -0.05) is 340 Å². The van der Waals surface area contributed by atoms with Crippen LogP contribution in [-0.2, 0) is 49.4 Å². The highest BCUT2D eigenvalue weighted by Crippen LogP contribution is 2.60. The number of benzene rings is 13. The van der Waals surface area contributed by atoms with E-state index < -0.39 is 10.8 Å². The van der Waals surface area contributed by atoms with Gasteiger partial charge < -0.3 is 9.80 Å². The summed E-state index contributed by atoms with van der Waals surface area (Å²) < 4.78 is 0. The van der Waals surface area contributed by atoms with Crippen molar-refractivity contribution >= 4 is 34.1 Å².